The number of fused-ring (bicyclic) bond motifs is 1. The van der Waals surface area contributed by atoms with E-state index in [1.165, 1.54) is 28.8 Å². The van der Waals surface area contributed by atoms with Crippen LogP contribution in [0.1, 0.15) is 36.0 Å². The lowest BCUT2D eigenvalue weighted by atomic mass is 9.90. The second-order valence-electron chi connectivity index (χ2n) is 4.14. The minimum absolute atomic E-state index is 0.718. The topological polar surface area (TPSA) is 12.0 Å². The van der Waals surface area contributed by atoms with Crippen LogP contribution in [0.5, 0.6) is 0 Å². The normalized spacial score (nSPS) is 20.7. The Morgan fingerprint density at radius 2 is 1.92 bits per heavy atom. The van der Waals surface area contributed by atoms with Gasteiger partial charge >= 0.3 is 0 Å². The molecule has 0 saturated carbocycles. The highest BCUT2D eigenvalue weighted by Gasteiger charge is 2.16. The third-order valence-electron chi connectivity index (χ3n) is 3.09. The Labute approximate surface area is 80.2 Å². The monoisotopic (exact) mass is 175 g/mol. The molecule has 70 valence electrons. The maximum Gasteiger partial charge on any atom is 0.0378 e. The van der Waals surface area contributed by atoms with Crippen molar-refractivity contribution in [3.63, 3.8) is 0 Å². The van der Waals surface area contributed by atoms with E-state index in [-0.39, 0.29) is 0 Å². The number of benzene rings is 1. The van der Waals surface area contributed by atoms with Gasteiger partial charge in [-0.05, 0) is 48.9 Å². The zero-order chi connectivity index (χ0) is 9.42. The van der Waals surface area contributed by atoms with Crippen LogP contribution in [0.2, 0.25) is 0 Å². The zero-order valence-electron chi connectivity index (χ0n) is 8.65. The van der Waals surface area contributed by atoms with E-state index >= 15 is 0 Å². The summed E-state index contributed by atoms with van der Waals surface area (Å²) in [4.78, 5) is 0. The van der Waals surface area contributed by atoms with Crippen LogP contribution in [-0.2, 0) is 0 Å². The SMILES string of the molecule is Cc1cc2c(cc1C)[C@H](C)CCN2. The van der Waals surface area contributed by atoms with E-state index in [0.717, 1.165) is 12.5 Å². The Morgan fingerprint density at radius 3 is 2.69 bits per heavy atom. The lowest BCUT2D eigenvalue weighted by Crippen LogP contribution is -2.15. The van der Waals surface area contributed by atoms with E-state index in [4.69, 9.17) is 0 Å². The van der Waals surface area contributed by atoms with Gasteiger partial charge in [0.15, 0.2) is 0 Å². The Morgan fingerprint density at radius 1 is 1.23 bits per heavy atom. The molecule has 0 fully saturated rings. The molecule has 0 bridgehead atoms. The number of anilines is 1. The molecule has 1 aromatic rings. The third-order valence-corrected chi connectivity index (χ3v) is 3.09. The minimum Gasteiger partial charge on any atom is -0.385 e. The number of aryl methyl sites for hydroxylation is 2. The number of hydrogen-bond donors (Lipinski definition) is 1. The van der Waals surface area contributed by atoms with Crippen LogP contribution in [0.15, 0.2) is 12.1 Å². The molecule has 0 radical (unpaired) electrons. The number of rotatable bonds is 0. The average molecular weight is 175 g/mol. The highest BCUT2D eigenvalue weighted by Crippen LogP contribution is 2.32. The van der Waals surface area contributed by atoms with Crippen molar-refractivity contribution < 1.29 is 0 Å². The molecule has 1 N–H and O–H groups in total. The summed E-state index contributed by atoms with van der Waals surface area (Å²) in [5.41, 5.74) is 5.64. The molecule has 2 rings (SSSR count). The molecule has 0 spiro atoms. The van der Waals surface area contributed by atoms with Crippen molar-refractivity contribution >= 4 is 5.69 Å². The summed E-state index contributed by atoms with van der Waals surface area (Å²) in [6.07, 6.45) is 1.26. The van der Waals surface area contributed by atoms with Crippen molar-refractivity contribution in [3.8, 4) is 0 Å². The summed E-state index contributed by atoms with van der Waals surface area (Å²) < 4.78 is 0. The fourth-order valence-electron chi connectivity index (χ4n) is 1.98. The Balaban J connectivity index is 2.52. The van der Waals surface area contributed by atoms with Crippen molar-refractivity contribution in [1.29, 1.82) is 0 Å². The summed E-state index contributed by atoms with van der Waals surface area (Å²) in [7, 11) is 0. The van der Waals surface area contributed by atoms with Gasteiger partial charge in [-0.25, -0.2) is 0 Å². The van der Waals surface area contributed by atoms with E-state index in [2.05, 4.69) is 38.2 Å². The first-order valence-electron chi connectivity index (χ1n) is 5.03. The van der Waals surface area contributed by atoms with Crippen LogP contribution in [0.3, 0.4) is 0 Å². The second kappa shape index (κ2) is 3.06. The molecule has 1 aromatic carbocycles. The summed E-state index contributed by atoms with van der Waals surface area (Å²) in [5.74, 6) is 0.718. The highest BCUT2D eigenvalue weighted by molar-refractivity contribution is 5.58. The lowest BCUT2D eigenvalue weighted by Gasteiger charge is -2.25. The van der Waals surface area contributed by atoms with Gasteiger partial charge in [-0.2, -0.15) is 0 Å². The molecule has 1 nitrogen and oxygen atoms in total. The molecule has 13 heavy (non-hydrogen) atoms. The average Bonchev–Trinajstić information content (AvgIpc) is 2.09. The van der Waals surface area contributed by atoms with E-state index in [9.17, 15) is 0 Å². The van der Waals surface area contributed by atoms with Crippen LogP contribution in [0.4, 0.5) is 5.69 Å². The van der Waals surface area contributed by atoms with Crippen molar-refractivity contribution in [2.24, 2.45) is 0 Å². The molecule has 0 unspecified atom stereocenters. The smallest absolute Gasteiger partial charge is 0.0378 e. The van der Waals surface area contributed by atoms with Crippen LogP contribution in [0.25, 0.3) is 0 Å². The molecular formula is C12H17N. The van der Waals surface area contributed by atoms with E-state index in [0.29, 0.717) is 0 Å². The van der Waals surface area contributed by atoms with Gasteiger partial charge in [0.2, 0.25) is 0 Å². The fraction of sp³-hybridized carbons (Fsp3) is 0.500. The van der Waals surface area contributed by atoms with Crippen molar-refractivity contribution in [2.45, 2.75) is 33.1 Å². The quantitative estimate of drug-likeness (QED) is 0.638. The first kappa shape index (κ1) is 8.61. The van der Waals surface area contributed by atoms with Crippen molar-refractivity contribution in [3.05, 3.63) is 28.8 Å². The maximum atomic E-state index is 3.46. The van der Waals surface area contributed by atoms with Gasteiger partial charge in [0.25, 0.3) is 0 Å². The first-order valence-corrected chi connectivity index (χ1v) is 5.03. The van der Waals surface area contributed by atoms with Gasteiger partial charge in [-0.1, -0.05) is 13.0 Å². The summed E-state index contributed by atoms with van der Waals surface area (Å²) >= 11 is 0. The lowest BCUT2D eigenvalue weighted by molar-refractivity contribution is 0.682. The molecule has 0 aliphatic carbocycles. The van der Waals surface area contributed by atoms with Crippen LogP contribution >= 0.6 is 0 Å². The van der Waals surface area contributed by atoms with Crippen LogP contribution < -0.4 is 5.32 Å². The van der Waals surface area contributed by atoms with Gasteiger partial charge in [0, 0.05) is 12.2 Å². The largest absolute Gasteiger partial charge is 0.385 e. The summed E-state index contributed by atoms with van der Waals surface area (Å²) in [6, 6.07) is 4.61. The second-order valence-corrected chi connectivity index (χ2v) is 4.14. The molecule has 1 heteroatoms. The van der Waals surface area contributed by atoms with Gasteiger partial charge in [-0.15, -0.1) is 0 Å². The summed E-state index contributed by atoms with van der Waals surface area (Å²) in [5, 5.41) is 3.46. The van der Waals surface area contributed by atoms with Gasteiger partial charge in [0.1, 0.15) is 0 Å². The predicted molar refractivity (Wildman–Crippen MR) is 57.4 cm³/mol. The Hall–Kier alpha value is -0.980. The third kappa shape index (κ3) is 1.43. The van der Waals surface area contributed by atoms with Crippen LogP contribution in [-0.4, -0.2) is 6.54 Å². The highest BCUT2D eigenvalue weighted by atomic mass is 14.9. The molecule has 1 heterocycles. The van der Waals surface area contributed by atoms with Crippen molar-refractivity contribution in [1.82, 2.24) is 0 Å². The van der Waals surface area contributed by atoms with E-state index in [1.807, 2.05) is 0 Å². The fourth-order valence-corrected chi connectivity index (χ4v) is 1.98. The van der Waals surface area contributed by atoms with E-state index in [1.54, 1.807) is 0 Å². The molecule has 0 amide bonds. The molecule has 1 atom stereocenters. The number of nitrogens with one attached hydrogen (secondary N) is 1. The van der Waals surface area contributed by atoms with Crippen molar-refractivity contribution in [2.75, 3.05) is 11.9 Å². The maximum absolute atomic E-state index is 3.46. The summed E-state index contributed by atoms with van der Waals surface area (Å²) in [6.45, 7) is 7.80. The molecule has 0 aromatic heterocycles. The zero-order valence-corrected chi connectivity index (χ0v) is 8.65. The van der Waals surface area contributed by atoms with Gasteiger partial charge in [-0.3, -0.25) is 0 Å². The van der Waals surface area contributed by atoms with Gasteiger partial charge in [0.05, 0.1) is 0 Å². The molecule has 1 aliphatic rings. The van der Waals surface area contributed by atoms with Gasteiger partial charge < -0.3 is 5.32 Å². The first-order chi connectivity index (χ1) is 6.18. The Kier molecular flexibility index (Phi) is 2.03. The standard InChI is InChI=1S/C12H17N/c1-8-4-5-13-12-7-10(3)9(2)6-11(8)12/h6-8,13H,4-5H2,1-3H3/t8-/m1/s1. The Bertz CT molecular complexity index is 328. The molecule has 1 aliphatic heterocycles. The molecular weight excluding hydrogens is 158 g/mol. The molecule has 0 saturated heterocycles. The number of hydrogen-bond acceptors (Lipinski definition) is 1. The minimum atomic E-state index is 0.718. The van der Waals surface area contributed by atoms with E-state index < -0.39 is 0 Å². The predicted octanol–water partition coefficient (Wildman–Crippen LogP) is 3.22. The van der Waals surface area contributed by atoms with Crippen LogP contribution in [0, 0.1) is 13.8 Å².